The molecule has 0 atom stereocenters. The third kappa shape index (κ3) is 4.23. The first-order valence-electron chi connectivity index (χ1n) is 11.4. The fraction of sp³-hybridized carbons (Fsp3) is 0.0357. The number of H-pyrrole nitrogens is 2. The molecule has 0 radical (unpaired) electrons. The van der Waals surface area contributed by atoms with Crippen molar-refractivity contribution >= 4 is 39.5 Å². The van der Waals surface area contributed by atoms with Crippen molar-refractivity contribution in [2.45, 2.75) is 0 Å². The summed E-state index contributed by atoms with van der Waals surface area (Å²) in [5.74, 6) is 2.31. The number of benzene rings is 4. The molecule has 8 heteroatoms. The summed E-state index contributed by atoms with van der Waals surface area (Å²) in [6.45, 7) is 0. The lowest BCUT2D eigenvalue weighted by Crippen LogP contribution is -2.19. The Balaban J connectivity index is 1.10. The largest absolute Gasteiger partial charge is 0.497 e. The van der Waals surface area contributed by atoms with Gasteiger partial charge in [-0.3, -0.25) is 0 Å². The van der Waals surface area contributed by atoms with E-state index in [1.807, 2.05) is 91.0 Å². The van der Waals surface area contributed by atoms with E-state index in [1.54, 1.807) is 7.11 Å². The maximum absolute atomic E-state index is 12.5. The minimum Gasteiger partial charge on any atom is -0.497 e. The van der Waals surface area contributed by atoms with E-state index in [9.17, 15) is 4.79 Å². The molecular formula is C28H22N6O2. The Bertz CT molecular complexity index is 1650. The van der Waals surface area contributed by atoms with Crippen molar-refractivity contribution in [1.29, 1.82) is 0 Å². The molecular weight excluding hydrogens is 452 g/mol. The van der Waals surface area contributed by atoms with E-state index in [0.29, 0.717) is 11.4 Å². The number of carbonyl (C=O) groups is 1. The molecule has 176 valence electrons. The summed E-state index contributed by atoms with van der Waals surface area (Å²) in [5, 5.41) is 5.72. The van der Waals surface area contributed by atoms with Crippen LogP contribution >= 0.6 is 0 Å². The van der Waals surface area contributed by atoms with Crippen LogP contribution in [0.2, 0.25) is 0 Å². The third-order valence-corrected chi connectivity index (χ3v) is 5.91. The minimum absolute atomic E-state index is 0.324. The van der Waals surface area contributed by atoms with Gasteiger partial charge in [0.15, 0.2) is 0 Å². The fourth-order valence-corrected chi connectivity index (χ4v) is 4.06. The minimum atomic E-state index is -0.324. The highest BCUT2D eigenvalue weighted by Crippen LogP contribution is 2.25. The van der Waals surface area contributed by atoms with E-state index in [0.717, 1.165) is 50.6 Å². The fourth-order valence-electron chi connectivity index (χ4n) is 4.06. The van der Waals surface area contributed by atoms with Gasteiger partial charge in [-0.1, -0.05) is 12.1 Å². The molecule has 2 aromatic heterocycles. The highest BCUT2D eigenvalue weighted by atomic mass is 16.5. The number of aromatic amines is 2. The van der Waals surface area contributed by atoms with Gasteiger partial charge in [0, 0.05) is 28.6 Å². The number of para-hydroxylation sites is 2. The van der Waals surface area contributed by atoms with Crippen molar-refractivity contribution < 1.29 is 9.53 Å². The van der Waals surface area contributed by atoms with E-state index < -0.39 is 0 Å². The Morgan fingerprint density at radius 1 is 0.694 bits per heavy atom. The van der Waals surface area contributed by atoms with E-state index in [1.165, 1.54) is 0 Å². The van der Waals surface area contributed by atoms with Crippen LogP contribution in [0, 0.1) is 0 Å². The molecule has 0 aliphatic heterocycles. The predicted octanol–water partition coefficient (Wildman–Crippen LogP) is 6.43. The van der Waals surface area contributed by atoms with Gasteiger partial charge in [-0.25, -0.2) is 14.8 Å². The molecule has 2 heterocycles. The normalized spacial score (nSPS) is 11.0. The quantitative estimate of drug-likeness (QED) is 0.231. The molecule has 4 N–H and O–H groups in total. The number of imidazole rings is 2. The maximum atomic E-state index is 12.5. The molecule has 0 bridgehead atoms. The summed E-state index contributed by atoms with van der Waals surface area (Å²) in [7, 11) is 1.64. The van der Waals surface area contributed by atoms with Crippen LogP contribution in [0.1, 0.15) is 0 Å². The van der Waals surface area contributed by atoms with Crippen LogP contribution in [0.5, 0.6) is 5.75 Å². The number of nitrogens with zero attached hydrogens (tertiary/aromatic N) is 2. The molecule has 0 aliphatic rings. The molecule has 0 saturated carbocycles. The van der Waals surface area contributed by atoms with Crippen LogP contribution in [-0.4, -0.2) is 33.1 Å². The number of hydrogen-bond acceptors (Lipinski definition) is 4. The first kappa shape index (κ1) is 21.4. The molecule has 36 heavy (non-hydrogen) atoms. The van der Waals surface area contributed by atoms with Crippen molar-refractivity contribution in [3.8, 4) is 28.5 Å². The zero-order valence-electron chi connectivity index (χ0n) is 19.4. The zero-order valence-corrected chi connectivity index (χ0v) is 19.4. The number of methoxy groups -OCH3 is 1. The van der Waals surface area contributed by atoms with Crippen molar-refractivity contribution in [2.24, 2.45) is 0 Å². The molecule has 6 aromatic rings. The van der Waals surface area contributed by atoms with Gasteiger partial charge >= 0.3 is 6.03 Å². The molecule has 6 rings (SSSR count). The second-order valence-electron chi connectivity index (χ2n) is 8.30. The van der Waals surface area contributed by atoms with Crippen LogP contribution in [-0.2, 0) is 0 Å². The van der Waals surface area contributed by atoms with Crippen LogP contribution in [0.25, 0.3) is 44.8 Å². The predicted molar refractivity (Wildman–Crippen MR) is 142 cm³/mol. The number of urea groups is 1. The number of hydrogen-bond donors (Lipinski definition) is 4. The smallest absolute Gasteiger partial charge is 0.323 e. The third-order valence-electron chi connectivity index (χ3n) is 5.91. The van der Waals surface area contributed by atoms with Gasteiger partial charge in [-0.2, -0.15) is 0 Å². The number of amides is 2. The average Bonchev–Trinajstić information content (AvgIpc) is 3.53. The Morgan fingerprint density at radius 3 is 1.83 bits per heavy atom. The van der Waals surface area contributed by atoms with E-state index in [-0.39, 0.29) is 6.03 Å². The molecule has 0 unspecified atom stereocenters. The van der Waals surface area contributed by atoms with Gasteiger partial charge in [0.25, 0.3) is 0 Å². The van der Waals surface area contributed by atoms with Crippen molar-refractivity contribution in [3.63, 3.8) is 0 Å². The topological polar surface area (TPSA) is 108 Å². The Labute approximate surface area is 206 Å². The summed E-state index contributed by atoms with van der Waals surface area (Å²) in [5.41, 5.74) is 6.88. The standard InChI is InChI=1S/C28H22N6O2/c1-36-21-14-15-24-25(16-21)34-27(33-24)18-8-12-20(13-9-18)30-28(35)29-19-10-6-17(7-11-19)26-31-22-4-2-3-5-23(22)32-26/h2-16H,1H3,(H,31,32)(H,33,34)(H2,29,30,35). The van der Waals surface area contributed by atoms with Gasteiger partial charge in [0.05, 0.1) is 29.2 Å². The summed E-state index contributed by atoms with van der Waals surface area (Å²) < 4.78 is 5.27. The second kappa shape index (κ2) is 8.92. The average molecular weight is 475 g/mol. The van der Waals surface area contributed by atoms with E-state index >= 15 is 0 Å². The summed E-state index contributed by atoms with van der Waals surface area (Å²) in [4.78, 5) is 28.4. The Hall–Kier alpha value is -5.11. The molecule has 8 nitrogen and oxygen atoms in total. The monoisotopic (exact) mass is 474 g/mol. The Morgan fingerprint density at radius 2 is 1.25 bits per heavy atom. The van der Waals surface area contributed by atoms with Gasteiger partial charge < -0.3 is 25.3 Å². The lowest BCUT2D eigenvalue weighted by Gasteiger charge is -2.08. The molecule has 0 fully saturated rings. The van der Waals surface area contributed by atoms with Crippen LogP contribution < -0.4 is 15.4 Å². The summed E-state index contributed by atoms with van der Waals surface area (Å²) in [6, 6.07) is 28.3. The number of rotatable bonds is 5. The molecule has 0 spiro atoms. The van der Waals surface area contributed by atoms with Crippen LogP contribution in [0.15, 0.2) is 91.0 Å². The number of aromatic nitrogens is 4. The number of nitrogens with one attached hydrogen (secondary N) is 4. The molecule has 0 saturated heterocycles. The van der Waals surface area contributed by atoms with Crippen molar-refractivity contribution in [3.05, 3.63) is 91.0 Å². The highest BCUT2D eigenvalue weighted by molar-refractivity contribution is 6.00. The van der Waals surface area contributed by atoms with Gasteiger partial charge in [-0.15, -0.1) is 0 Å². The first-order chi connectivity index (χ1) is 17.6. The first-order valence-corrected chi connectivity index (χ1v) is 11.4. The van der Waals surface area contributed by atoms with E-state index in [4.69, 9.17) is 4.74 Å². The molecule has 0 aliphatic carbocycles. The van der Waals surface area contributed by atoms with Crippen molar-refractivity contribution in [1.82, 2.24) is 19.9 Å². The zero-order chi connectivity index (χ0) is 24.5. The van der Waals surface area contributed by atoms with Gasteiger partial charge in [0.1, 0.15) is 17.4 Å². The number of ether oxygens (including phenoxy) is 1. The lowest BCUT2D eigenvalue weighted by atomic mass is 10.2. The van der Waals surface area contributed by atoms with Gasteiger partial charge in [0.2, 0.25) is 0 Å². The second-order valence-corrected chi connectivity index (χ2v) is 8.30. The van der Waals surface area contributed by atoms with Crippen molar-refractivity contribution in [2.75, 3.05) is 17.7 Å². The van der Waals surface area contributed by atoms with Gasteiger partial charge in [-0.05, 0) is 72.8 Å². The van der Waals surface area contributed by atoms with Crippen LogP contribution in [0.3, 0.4) is 0 Å². The summed E-state index contributed by atoms with van der Waals surface area (Å²) >= 11 is 0. The number of carbonyl (C=O) groups excluding carboxylic acids is 1. The van der Waals surface area contributed by atoms with Crippen LogP contribution in [0.4, 0.5) is 16.2 Å². The highest BCUT2D eigenvalue weighted by Gasteiger charge is 2.09. The molecule has 2 amide bonds. The Kier molecular flexibility index (Phi) is 5.31. The molecule has 4 aromatic carbocycles. The number of anilines is 2. The summed E-state index contributed by atoms with van der Waals surface area (Å²) in [6.07, 6.45) is 0. The van der Waals surface area contributed by atoms with E-state index in [2.05, 4.69) is 30.6 Å². The maximum Gasteiger partial charge on any atom is 0.323 e. The SMILES string of the molecule is COc1ccc2nc(-c3ccc(NC(=O)Nc4ccc(-c5nc6ccccc6[nH]5)cc4)cc3)[nH]c2c1. The lowest BCUT2D eigenvalue weighted by molar-refractivity contribution is 0.262. The number of fused-ring (bicyclic) bond motifs is 2.